The Kier molecular flexibility index (Phi) is 5.00. The van der Waals surface area contributed by atoms with Crippen molar-refractivity contribution in [3.8, 4) is 5.75 Å². The van der Waals surface area contributed by atoms with E-state index in [9.17, 15) is 4.79 Å². The molecule has 0 amide bonds. The average molecular weight is 260 g/mol. The minimum absolute atomic E-state index is 0.302. The van der Waals surface area contributed by atoms with Crippen molar-refractivity contribution < 1.29 is 9.53 Å². The molecular weight excluding hydrogens is 236 g/mol. The Bertz CT molecular complexity index is 431. The molecule has 0 atom stereocenters. The van der Waals surface area contributed by atoms with Crippen LogP contribution in [0.25, 0.3) is 0 Å². The quantitative estimate of drug-likeness (QED) is 0.792. The van der Waals surface area contributed by atoms with Crippen molar-refractivity contribution in [3.63, 3.8) is 0 Å². The molecule has 0 heterocycles. The first kappa shape index (κ1) is 14.1. The van der Waals surface area contributed by atoms with Crippen LogP contribution < -0.4 is 4.74 Å². The Labute approximate surface area is 116 Å². The van der Waals surface area contributed by atoms with Crippen molar-refractivity contribution in [2.45, 2.75) is 52.4 Å². The van der Waals surface area contributed by atoms with Crippen LogP contribution in [0.4, 0.5) is 0 Å². The molecule has 0 radical (unpaired) electrons. The topological polar surface area (TPSA) is 26.3 Å². The van der Waals surface area contributed by atoms with Crippen LogP contribution in [0.5, 0.6) is 5.75 Å². The summed E-state index contributed by atoms with van der Waals surface area (Å²) in [6, 6.07) is 6.06. The Morgan fingerprint density at radius 3 is 2.68 bits per heavy atom. The van der Waals surface area contributed by atoms with Gasteiger partial charge in [-0.1, -0.05) is 31.4 Å². The Morgan fingerprint density at radius 1 is 1.21 bits per heavy atom. The van der Waals surface area contributed by atoms with Gasteiger partial charge in [0.1, 0.15) is 11.5 Å². The van der Waals surface area contributed by atoms with Crippen LogP contribution in [0.1, 0.15) is 49.7 Å². The van der Waals surface area contributed by atoms with E-state index in [4.69, 9.17) is 4.74 Å². The van der Waals surface area contributed by atoms with Gasteiger partial charge in [0, 0.05) is 12.3 Å². The molecule has 2 nitrogen and oxygen atoms in total. The lowest BCUT2D eigenvalue weighted by Crippen LogP contribution is -2.19. The number of hydrogen-bond donors (Lipinski definition) is 0. The van der Waals surface area contributed by atoms with Gasteiger partial charge in [-0.3, -0.25) is 4.79 Å². The van der Waals surface area contributed by atoms with Gasteiger partial charge >= 0.3 is 0 Å². The van der Waals surface area contributed by atoms with Crippen LogP contribution in [0.15, 0.2) is 18.2 Å². The highest BCUT2D eigenvalue weighted by molar-refractivity contribution is 5.81. The summed E-state index contributed by atoms with van der Waals surface area (Å²) >= 11 is 0. The molecule has 0 bridgehead atoms. The molecule has 104 valence electrons. The van der Waals surface area contributed by atoms with Gasteiger partial charge in [0.05, 0.1) is 6.61 Å². The number of carbonyl (C=O) groups excluding carboxylic acids is 1. The maximum atomic E-state index is 12.1. The first-order valence-corrected chi connectivity index (χ1v) is 7.40. The summed E-state index contributed by atoms with van der Waals surface area (Å²) in [7, 11) is 0. The second-order valence-electron chi connectivity index (χ2n) is 5.60. The van der Waals surface area contributed by atoms with Crippen LogP contribution >= 0.6 is 0 Å². The highest BCUT2D eigenvalue weighted by Crippen LogP contribution is 2.25. The van der Waals surface area contributed by atoms with E-state index in [1.807, 2.05) is 12.1 Å². The SMILES string of the molecule is Cc1cccc(OCCC(=O)C2CCCCC2)c1C. The normalized spacial score (nSPS) is 16.3. The highest BCUT2D eigenvalue weighted by atomic mass is 16.5. The Balaban J connectivity index is 1.79. The second-order valence-corrected chi connectivity index (χ2v) is 5.60. The third-order valence-electron chi connectivity index (χ3n) is 4.22. The molecule has 19 heavy (non-hydrogen) atoms. The lowest BCUT2D eigenvalue weighted by atomic mass is 9.85. The zero-order valence-corrected chi connectivity index (χ0v) is 12.1. The molecule has 2 heteroatoms. The van der Waals surface area contributed by atoms with Crippen LogP contribution in [-0.2, 0) is 4.79 Å². The standard InChI is InChI=1S/C17H24O2/c1-13-7-6-10-17(14(13)2)19-12-11-16(18)15-8-4-3-5-9-15/h6-7,10,15H,3-5,8-9,11-12H2,1-2H3. The maximum absolute atomic E-state index is 12.1. The number of rotatable bonds is 5. The van der Waals surface area contributed by atoms with E-state index in [0.29, 0.717) is 24.7 Å². The zero-order chi connectivity index (χ0) is 13.7. The van der Waals surface area contributed by atoms with Crippen LogP contribution in [0.2, 0.25) is 0 Å². The van der Waals surface area contributed by atoms with E-state index < -0.39 is 0 Å². The van der Waals surface area contributed by atoms with E-state index in [0.717, 1.165) is 18.6 Å². The zero-order valence-electron chi connectivity index (χ0n) is 12.1. The Hall–Kier alpha value is -1.31. The third-order valence-corrected chi connectivity index (χ3v) is 4.22. The van der Waals surface area contributed by atoms with E-state index >= 15 is 0 Å². The smallest absolute Gasteiger partial charge is 0.139 e. The lowest BCUT2D eigenvalue weighted by molar-refractivity contribution is -0.124. The third kappa shape index (κ3) is 3.82. The van der Waals surface area contributed by atoms with Crippen molar-refractivity contribution >= 4 is 5.78 Å². The van der Waals surface area contributed by atoms with Crippen molar-refractivity contribution in [1.29, 1.82) is 0 Å². The molecule has 1 aromatic carbocycles. The first-order valence-electron chi connectivity index (χ1n) is 7.40. The number of hydrogen-bond acceptors (Lipinski definition) is 2. The van der Waals surface area contributed by atoms with Crippen molar-refractivity contribution in [2.24, 2.45) is 5.92 Å². The molecule has 1 aliphatic rings. The summed E-state index contributed by atoms with van der Waals surface area (Å²) in [5, 5.41) is 0. The minimum atomic E-state index is 0.302. The van der Waals surface area contributed by atoms with E-state index in [1.54, 1.807) is 0 Å². The fourth-order valence-corrected chi connectivity index (χ4v) is 2.77. The van der Waals surface area contributed by atoms with Crippen molar-refractivity contribution in [3.05, 3.63) is 29.3 Å². The highest BCUT2D eigenvalue weighted by Gasteiger charge is 2.20. The maximum Gasteiger partial charge on any atom is 0.139 e. The van der Waals surface area contributed by atoms with Gasteiger partial charge in [0.25, 0.3) is 0 Å². The lowest BCUT2D eigenvalue weighted by Gasteiger charge is -2.20. The van der Waals surface area contributed by atoms with Crippen LogP contribution in [0, 0.1) is 19.8 Å². The predicted octanol–water partition coefficient (Wildman–Crippen LogP) is 4.22. The summed E-state index contributed by atoms with van der Waals surface area (Å²) in [5.41, 5.74) is 2.41. The van der Waals surface area contributed by atoms with Crippen LogP contribution in [-0.4, -0.2) is 12.4 Å². The molecule has 0 spiro atoms. The molecule has 1 aromatic rings. The largest absolute Gasteiger partial charge is 0.493 e. The second kappa shape index (κ2) is 6.74. The molecule has 2 rings (SSSR count). The fourth-order valence-electron chi connectivity index (χ4n) is 2.77. The van der Waals surface area contributed by atoms with Gasteiger partial charge in [-0.25, -0.2) is 0 Å². The molecule has 1 saturated carbocycles. The molecule has 0 saturated heterocycles. The molecule has 0 aliphatic heterocycles. The number of ketones is 1. The molecule has 0 N–H and O–H groups in total. The molecule has 1 fully saturated rings. The predicted molar refractivity (Wildman–Crippen MR) is 77.6 cm³/mol. The molecular formula is C17H24O2. The first-order chi connectivity index (χ1) is 9.18. The fraction of sp³-hybridized carbons (Fsp3) is 0.588. The molecule has 1 aliphatic carbocycles. The summed E-state index contributed by atoms with van der Waals surface area (Å²) in [6.45, 7) is 4.66. The monoisotopic (exact) mass is 260 g/mol. The van der Waals surface area contributed by atoms with Gasteiger partial charge in [-0.2, -0.15) is 0 Å². The number of ether oxygens (including phenoxy) is 1. The summed E-state index contributed by atoms with van der Waals surface area (Å²) in [5.74, 6) is 1.61. The van der Waals surface area contributed by atoms with Gasteiger partial charge in [0.2, 0.25) is 0 Å². The number of aryl methyl sites for hydroxylation is 1. The van der Waals surface area contributed by atoms with Crippen molar-refractivity contribution in [1.82, 2.24) is 0 Å². The van der Waals surface area contributed by atoms with Gasteiger partial charge < -0.3 is 4.74 Å². The number of benzene rings is 1. The molecule has 0 aromatic heterocycles. The molecule has 0 unspecified atom stereocenters. The van der Waals surface area contributed by atoms with E-state index in [-0.39, 0.29) is 0 Å². The van der Waals surface area contributed by atoms with Crippen LogP contribution in [0.3, 0.4) is 0 Å². The van der Waals surface area contributed by atoms with Crippen molar-refractivity contribution in [2.75, 3.05) is 6.61 Å². The summed E-state index contributed by atoms with van der Waals surface area (Å²) < 4.78 is 5.76. The average Bonchev–Trinajstić information content (AvgIpc) is 2.44. The summed E-state index contributed by atoms with van der Waals surface area (Å²) in [6.07, 6.45) is 6.45. The van der Waals surface area contributed by atoms with E-state index in [1.165, 1.54) is 30.4 Å². The number of carbonyl (C=O) groups is 1. The van der Waals surface area contributed by atoms with Gasteiger partial charge in [-0.15, -0.1) is 0 Å². The number of Topliss-reactive ketones (excluding diaryl/α,β-unsaturated/α-hetero) is 1. The Morgan fingerprint density at radius 2 is 1.95 bits per heavy atom. The minimum Gasteiger partial charge on any atom is -0.493 e. The van der Waals surface area contributed by atoms with E-state index in [2.05, 4.69) is 19.9 Å². The summed E-state index contributed by atoms with van der Waals surface area (Å²) in [4.78, 5) is 12.1. The van der Waals surface area contributed by atoms with Gasteiger partial charge in [0.15, 0.2) is 0 Å². The van der Waals surface area contributed by atoms with Gasteiger partial charge in [-0.05, 0) is 43.9 Å².